The number of rotatable bonds is 5. The minimum atomic E-state index is -2.50. The van der Waals surface area contributed by atoms with Gasteiger partial charge in [-0.1, -0.05) is 43.7 Å². The Labute approximate surface area is 84.0 Å². The summed E-state index contributed by atoms with van der Waals surface area (Å²) in [4.78, 5) is 0. The topological polar surface area (TPSA) is 0 Å². The Hall–Kier alpha value is -0.920. The molecule has 0 amide bonds. The molecule has 2 heteroatoms. The van der Waals surface area contributed by atoms with E-state index in [0.717, 1.165) is 5.56 Å². The van der Waals surface area contributed by atoms with E-state index in [1.54, 1.807) is 6.92 Å². The van der Waals surface area contributed by atoms with Gasteiger partial charge in [0.2, 0.25) is 5.92 Å². The number of hydrogen-bond donors (Lipinski definition) is 0. The van der Waals surface area contributed by atoms with Gasteiger partial charge in [-0.3, -0.25) is 0 Å². The molecule has 0 N–H and O–H groups in total. The van der Waals surface area contributed by atoms with Crippen LogP contribution in [0, 0.1) is 0 Å². The molecule has 1 aromatic rings. The second-order valence-corrected chi connectivity index (χ2v) is 3.59. The number of hydrogen-bond acceptors (Lipinski definition) is 0. The van der Waals surface area contributed by atoms with Crippen molar-refractivity contribution >= 4 is 0 Å². The second kappa shape index (κ2) is 5.08. The second-order valence-electron chi connectivity index (χ2n) is 3.59. The van der Waals surface area contributed by atoms with Crippen LogP contribution in [0.3, 0.4) is 0 Å². The maximum absolute atomic E-state index is 13.1. The molecular formula is C12H16F2. The standard InChI is InChI=1S/C12H16F2/c1-2-9-12(13,14)10-8-11-6-4-3-5-7-11/h3-7H,2,8-10H2,1H3. The van der Waals surface area contributed by atoms with Crippen molar-refractivity contribution in [1.29, 1.82) is 0 Å². The highest BCUT2D eigenvalue weighted by atomic mass is 19.3. The summed E-state index contributed by atoms with van der Waals surface area (Å²) in [6, 6.07) is 9.44. The summed E-state index contributed by atoms with van der Waals surface area (Å²) in [5.74, 6) is -2.50. The first-order chi connectivity index (χ1) is 6.64. The predicted octanol–water partition coefficient (Wildman–Crippen LogP) is 4.05. The summed E-state index contributed by atoms with van der Waals surface area (Å²) in [6.07, 6.45) is 0.973. The molecule has 0 aromatic heterocycles. The van der Waals surface area contributed by atoms with E-state index in [4.69, 9.17) is 0 Å². The Morgan fingerprint density at radius 2 is 1.71 bits per heavy atom. The third-order valence-electron chi connectivity index (χ3n) is 2.24. The summed E-state index contributed by atoms with van der Waals surface area (Å²) < 4.78 is 26.2. The number of aryl methyl sites for hydroxylation is 1. The molecule has 0 atom stereocenters. The monoisotopic (exact) mass is 198 g/mol. The molecule has 0 nitrogen and oxygen atoms in total. The van der Waals surface area contributed by atoms with Crippen molar-refractivity contribution in [1.82, 2.24) is 0 Å². The summed E-state index contributed by atoms with van der Waals surface area (Å²) in [6.45, 7) is 1.79. The van der Waals surface area contributed by atoms with Crippen molar-refractivity contribution in [3.05, 3.63) is 35.9 Å². The Balaban J connectivity index is 2.40. The van der Waals surface area contributed by atoms with Crippen LogP contribution < -0.4 is 0 Å². The van der Waals surface area contributed by atoms with Crippen LogP contribution in [-0.4, -0.2) is 5.92 Å². The highest BCUT2D eigenvalue weighted by Crippen LogP contribution is 2.26. The van der Waals surface area contributed by atoms with Crippen LogP contribution in [0.25, 0.3) is 0 Å². The van der Waals surface area contributed by atoms with Crippen molar-refractivity contribution in [2.24, 2.45) is 0 Å². The number of benzene rings is 1. The third-order valence-corrected chi connectivity index (χ3v) is 2.24. The maximum atomic E-state index is 13.1. The average Bonchev–Trinajstić information content (AvgIpc) is 2.17. The smallest absolute Gasteiger partial charge is 0.207 e. The van der Waals surface area contributed by atoms with E-state index in [-0.39, 0.29) is 12.8 Å². The molecule has 0 fully saturated rings. The first-order valence-corrected chi connectivity index (χ1v) is 5.06. The molecule has 0 saturated carbocycles. The molecular weight excluding hydrogens is 182 g/mol. The zero-order valence-corrected chi connectivity index (χ0v) is 8.47. The molecule has 0 aliphatic carbocycles. The van der Waals surface area contributed by atoms with E-state index >= 15 is 0 Å². The van der Waals surface area contributed by atoms with Gasteiger partial charge in [0.25, 0.3) is 0 Å². The molecule has 0 heterocycles. The van der Waals surface area contributed by atoms with Gasteiger partial charge in [0.15, 0.2) is 0 Å². The van der Waals surface area contributed by atoms with Gasteiger partial charge in [-0.2, -0.15) is 0 Å². The molecule has 0 unspecified atom stereocenters. The zero-order valence-electron chi connectivity index (χ0n) is 8.47. The third kappa shape index (κ3) is 3.86. The highest BCUT2D eigenvalue weighted by Gasteiger charge is 2.26. The Morgan fingerprint density at radius 3 is 2.29 bits per heavy atom. The fraction of sp³-hybridized carbons (Fsp3) is 0.500. The molecule has 0 radical (unpaired) electrons. The van der Waals surface area contributed by atoms with E-state index in [9.17, 15) is 8.78 Å². The van der Waals surface area contributed by atoms with Gasteiger partial charge in [0.1, 0.15) is 0 Å². The van der Waals surface area contributed by atoms with Crippen LogP contribution in [0.15, 0.2) is 30.3 Å². The molecule has 0 spiro atoms. The van der Waals surface area contributed by atoms with Gasteiger partial charge < -0.3 is 0 Å². The SMILES string of the molecule is CCCC(F)(F)CCc1ccccc1. The molecule has 0 aliphatic heterocycles. The molecule has 1 aromatic carbocycles. The van der Waals surface area contributed by atoms with Gasteiger partial charge in [0, 0.05) is 12.8 Å². The lowest BCUT2D eigenvalue weighted by atomic mass is 10.0. The minimum absolute atomic E-state index is 0.000165. The van der Waals surface area contributed by atoms with Gasteiger partial charge in [-0.15, -0.1) is 0 Å². The van der Waals surface area contributed by atoms with Crippen LogP contribution in [0.1, 0.15) is 31.7 Å². The quantitative estimate of drug-likeness (QED) is 0.669. The van der Waals surface area contributed by atoms with Crippen LogP contribution in [0.5, 0.6) is 0 Å². The lowest BCUT2D eigenvalue weighted by molar-refractivity contribution is -0.0163. The van der Waals surface area contributed by atoms with E-state index in [1.807, 2.05) is 30.3 Å². The molecule has 0 aliphatic rings. The Bertz CT molecular complexity index is 254. The zero-order chi connectivity index (χ0) is 10.4. The van der Waals surface area contributed by atoms with Crippen LogP contribution in [0.4, 0.5) is 8.78 Å². The van der Waals surface area contributed by atoms with Gasteiger partial charge >= 0.3 is 0 Å². The lowest BCUT2D eigenvalue weighted by Gasteiger charge is -2.14. The maximum Gasteiger partial charge on any atom is 0.248 e. The highest BCUT2D eigenvalue weighted by molar-refractivity contribution is 5.14. The molecule has 0 bridgehead atoms. The molecule has 0 saturated heterocycles. The Kier molecular flexibility index (Phi) is 4.05. The van der Waals surface area contributed by atoms with E-state index in [2.05, 4.69) is 0 Å². The van der Waals surface area contributed by atoms with Crippen molar-refractivity contribution in [2.75, 3.05) is 0 Å². The average molecular weight is 198 g/mol. The fourth-order valence-electron chi connectivity index (χ4n) is 1.46. The number of alkyl halides is 2. The summed E-state index contributed by atoms with van der Waals surface area (Å²) >= 11 is 0. The first-order valence-electron chi connectivity index (χ1n) is 5.06. The van der Waals surface area contributed by atoms with Crippen molar-refractivity contribution in [3.63, 3.8) is 0 Å². The van der Waals surface area contributed by atoms with E-state index in [0.29, 0.717) is 12.8 Å². The molecule has 78 valence electrons. The number of halogens is 2. The van der Waals surface area contributed by atoms with Crippen molar-refractivity contribution < 1.29 is 8.78 Å². The Morgan fingerprint density at radius 1 is 1.07 bits per heavy atom. The predicted molar refractivity (Wildman–Crippen MR) is 54.6 cm³/mol. The minimum Gasteiger partial charge on any atom is -0.207 e. The summed E-state index contributed by atoms with van der Waals surface area (Å²) in [5, 5.41) is 0. The van der Waals surface area contributed by atoms with Gasteiger partial charge in [-0.25, -0.2) is 8.78 Å². The van der Waals surface area contributed by atoms with Gasteiger partial charge in [0.05, 0.1) is 0 Å². The fourth-order valence-corrected chi connectivity index (χ4v) is 1.46. The van der Waals surface area contributed by atoms with Gasteiger partial charge in [-0.05, 0) is 12.0 Å². The molecule has 14 heavy (non-hydrogen) atoms. The summed E-state index contributed by atoms with van der Waals surface area (Å²) in [7, 11) is 0. The van der Waals surface area contributed by atoms with Crippen molar-refractivity contribution in [3.8, 4) is 0 Å². The van der Waals surface area contributed by atoms with Crippen LogP contribution >= 0.6 is 0 Å². The molecule has 1 rings (SSSR count). The lowest BCUT2D eigenvalue weighted by Crippen LogP contribution is -2.16. The van der Waals surface area contributed by atoms with Crippen LogP contribution in [-0.2, 0) is 6.42 Å². The largest absolute Gasteiger partial charge is 0.248 e. The van der Waals surface area contributed by atoms with E-state index in [1.165, 1.54) is 0 Å². The summed E-state index contributed by atoms with van der Waals surface area (Å²) in [5.41, 5.74) is 0.989. The van der Waals surface area contributed by atoms with Crippen LogP contribution in [0.2, 0.25) is 0 Å². The van der Waals surface area contributed by atoms with Crippen molar-refractivity contribution in [2.45, 2.75) is 38.5 Å². The van der Waals surface area contributed by atoms with E-state index < -0.39 is 5.92 Å². The normalized spacial score (nSPS) is 11.6. The first kappa shape index (κ1) is 11.2.